The van der Waals surface area contributed by atoms with Crippen LogP contribution >= 0.6 is 0 Å². The van der Waals surface area contributed by atoms with Crippen LogP contribution in [0, 0.1) is 11.8 Å². The molecule has 1 saturated carbocycles. The molecule has 0 aromatic heterocycles. The summed E-state index contributed by atoms with van der Waals surface area (Å²) in [6.45, 7) is 6.23. The van der Waals surface area contributed by atoms with Crippen LogP contribution in [0.25, 0.3) is 6.08 Å². The van der Waals surface area contributed by atoms with Crippen LogP contribution < -0.4 is 10.8 Å². The Bertz CT molecular complexity index is 801. The molecule has 2 rings (SSSR count). The topological polar surface area (TPSA) is 114 Å². The smallest absolute Gasteiger partial charge is 0.326 e. The van der Waals surface area contributed by atoms with Gasteiger partial charge in [-0.1, -0.05) is 45.2 Å². The number of hydrogen-bond acceptors (Lipinski definition) is 5. The van der Waals surface area contributed by atoms with E-state index in [1.807, 2.05) is 13.8 Å². The Hall–Kier alpha value is -2.71. The first kappa shape index (κ1) is 25.5. The lowest BCUT2D eigenvalue weighted by Crippen LogP contribution is -2.46. The van der Waals surface area contributed by atoms with Gasteiger partial charge >= 0.3 is 5.97 Å². The van der Waals surface area contributed by atoms with Crippen molar-refractivity contribution < 1.29 is 29.1 Å². The maximum atomic E-state index is 12.7. The van der Waals surface area contributed by atoms with Crippen molar-refractivity contribution in [1.82, 2.24) is 10.8 Å². The second kappa shape index (κ2) is 13.0. The highest BCUT2D eigenvalue weighted by Crippen LogP contribution is 2.27. The molecule has 0 radical (unpaired) electrons. The number of carboxylic acid groups (broad SMARTS) is 1. The van der Waals surface area contributed by atoms with Gasteiger partial charge in [0.2, 0.25) is 0 Å². The number of carboxylic acids is 1. The minimum Gasteiger partial charge on any atom is -0.480 e. The van der Waals surface area contributed by atoms with Gasteiger partial charge in [-0.25, -0.2) is 15.1 Å². The highest BCUT2D eigenvalue weighted by molar-refractivity contribution is 5.97. The summed E-state index contributed by atoms with van der Waals surface area (Å²) in [6.07, 6.45) is 6.94. The third-order valence-corrected chi connectivity index (χ3v) is 5.24. The molecule has 1 unspecified atom stereocenters. The highest BCUT2D eigenvalue weighted by atomic mass is 16.8. The average molecular weight is 447 g/mol. The molecule has 0 aliphatic heterocycles. The summed E-state index contributed by atoms with van der Waals surface area (Å²) >= 11 is 0. The molecule has 1 fully saturated rings. The number of carbonyl (C=O) groups is 3. The summed E-state index contributed by atoms with van der Waals surface area (Å²) < 4.78 is 5.40. The second-order valence-corrected chi connectivity index (χ2v) is 8.53. The molecule has 2 amide bonds. The minimum atomic E-state index is -1.01. The van der Waals surface area contributed by atoms with Gasteiger partial charge in [0.25, 0.3) is 11.8 Å². The van der Waals surface area contributed by atoms with Crippen molar-refractivity contribution in [2.75, 3.05) is 6.61 Å². The number of nitrogens with one attached hydrogen (secondary N) is 2. The van der Waals surface area contributed by atoms with Crippen LogP contribution in [0.4, 0.5) is 0 Å². The zero-order valence-corrected chi connectivity index (χ0v) is 19.0. The molecular formula is C24H34N2O6. The predicted octanol–water partition coefficient (Wildman–Crippen LogP) is 3.53. The van der Waals surface area contributed by atoms with Gasteiger partial charge in [0.1, 0.15) is 6.04 Å². The zero-order valence-electron chi connectivity index (χ0n) is 19.0. The fourth-order valence-electron chi connectivity index (χ4n) is 3.57. The fraction of sp³-hybridized carbons (Fsp3) is 0.542. The van der Waals surface area contributed by atoms with E-state index in [9.17, 15) is 19.5 Å². The van der Waals surface area contributed by atoms with E-state index >= 15 is 0 Å². The van der Waals surface area contributed by atoms with E-state index in [-0.39, 0.29) is 5.92 Å². The van der Waals surface area contributed by atoms with Crippen LogP contribution in [-0.2, 0) is 19.2 Å². The van der Waals surface area contributed by atoms with Gasteiger partial charge in [-0.2, -0.15) is 0 Å². The fourth-order valence-corrected chi connectivity index (χ4v) is 3.57. The van der Waals surface area contributed by atoms with E-state index in [0.29, 0.717) is 23.7 Å². The number of hydroxylamine groups is 1. The van der Waals surface area contributed by atoms with Crippen molar-refractivity contribution in [3.8, 4) is 0 Å². The lowest BCUT2D eigenvalue weighted by Gasteiger charge is -2.28. The monoisotopic (exact) mass is 446 g/mol. The summed E-state index contributed by atoms with van der Waals surface area (Å²) in [7, 11) is 0. The number of ether oxygens (including phenoxy) is 1. The van der Waals surface area contributed by atoms with Gasteiger partial charge in [0.05, 0.1) is 6.61 Å². The van der Waals surface area contributed by atoms with Crippen LogP contribution in [-0.4, -0.2) is 41.8 Å². The Morgan fingerprint density at radius 1 is 1.16 bits per heavy atom. The molecule has 176 valence electrons. The molecule has 1 aliphatic carbocycles. The first-order valence-corrected chi connectivity index (χ1v) is 11.1. The first-order chi connectivity index (χ1) is 15.3. The number of aliphatic carboxylic acids is 1. The molecule has 0 heterocycles. The summed E-state index contributed by atoms with van der Waals surface area (Å²) in [5.74, 6) is -1.62. The maximum absolute atomic E-state index is 12.7. The van der Waals surface area contributed by atoms with E-state index in [1.54, 1.807) is 37.3 Å². The molecule has 0 bridgehead atoms. The van der Waals surface area contributed by atoms with Crippen LogP contribution in [0.5, 0.6) is 0 Å². The number of rotatable bonds is 11. The quantitative estimate of drug-likeness (QED) is 0.272. The Kier molecular flexibility index (Phi) is 10.4. The Balaban J connectivity index is 1.91. The van der Waals surface area contributed by atoms with Crippen molar-refractivity contribution in [2.45, 2.75) is 65.2 Å². The third kappa shape index (κ3) is 8.80. The standard InChI is InChI=1S/C24H34N2O6/c1-16(2)15-31-17(3)32-26-21(27)13-12-18-8-7-11-20(14-18)23(28)25-22(24(29)30)19-9-5-4-6-10-19/h7-8,11-14,16-17,19,22H,4-6,9-10,15H2,1-3H3,(H,25,28)(H,26,27)(H,29,30)/b13-12+/t17?,22-/m0/s1. The van der Waals surface area contributed by atoms with Crippen molar-refractivity contribution >= 4 is 23.9 Å². The van der Waals surface area contributed by atoms with E-state index in [0.717, 1.165) is 32.1 Å². The molecule has 2 atom stereocenters. The predicted molar refractivity (Wildman–Crippen MR) is 120 cm³/mol. The van der Waals surface area contributed by atoms with Gasteiger partial charge in [0.15, 0.2) is 6.29 Å². The SMILES string of the molecule is CC(C)COC(C)ONC(=O)/C=C/c1cccc(C(=O)N[C@H](C(=O)O)C2CCCCC2)c1. The average Bonchev–Trinajstić information content (AvgIpc) is 2.78. The maximum Gasteiger partial charge on any atom is 0.326 e. The van der Waals surface area contributed by atoms with E-state index in [1.165, 1.54) is 6.08 Å². The molecule has 1 aromatic rings. The second-order valence-electron chi connectivity index (χ2n) is 8.53. The molecule has 1 aliphatic rings. The molecule has 3 N–H and O–H groups in total. The van der Waals surface area contributed by atoms with Crippen molar-refractivity contribution in [3.63, 3.8) is 0 Å². The van der Waals surface area contributed by atoms with Gasteiger partial charge in [-0.15, -0.1) is 0 Å². The van der Waals surface area contributed by atoms with E-state index in [4.69, 9.17) is 9.57 Å². The largest absolute Gasteiger partial charge is 0.480 e. The Morgan fingerprint density at radius 2 is 1.88 bits per heavy atom. The Morgan fingerprint density at radius 3 is 2.53 bits per heavy atom. The van der Waals surface area contributed by atoms with E-state index < -0.39 is 30.1 Å². The van der Waals surface area contributed by atoms with Gasteiger partial charge < -0.3 is 15.2 Å². The van der Waals surface area contributed by atoms with Crippen molar-refractivity contribution in [2.24, 2.45) is 11.8 Å². The summed E-state index contributed by atoms with van der Waals surface area (Å²) in [5, 5.41) is 12.3. The lowest BCUT2D eigenvalue weighted by atomic mass is 9.84. The van der Waals surface area contributed by atoms with Crippen LogP contribution in [0.1, 0.15) is 68.8 Å². The van der Waals surface area contributed by atoms with Gasteiger partial charge in [0, 0.05) is 11.6 Å². The highest BCUT2D eigenvalue weighted by Gasteiger charge is 2.30. The third-order valence-electron chi connectivity index (χ3n) is 5.24. The molecule has 0 spiro atoms. The molecule has 0 saturated heterocycles. The molecule has 8 nitrogen and oxygen atoms in total. The number of hydrogen-bond donors (Lipinski definition) is 3. The first-order valence-electron chi connectivity index (χ1n) is 11.1. The van der Waals surface area contributed by atoms with Crippen molar-refractivity contribution in [3.05, 3.63) is 41.5 Å². The normalized spacial score (nSPS) is 16.6. The van der Waals surface area contributed by atoms with Gasteiger partial charge in [-0.05, 0) is 55.4 Å². The lowest BCUT2D eigenvalue weighted by molar-refractivity contribution is -0.180. The number of benzene rings is 1. The molecule has 1 aromatic carbocycles. The van der Waals surface area contributed by atoms with Gasteiger partial charge in [-0.3, -0.25) is 9.59 Å². The number of amides is 2. The number of carbonyl (C=O) groups excluding carboxylic acids is 2. The molecule has 8 heteroatoms. The minimum absolute atomic E-state index is 0.0520. The molecule has 32 heavy (non-hydrogen) atoms. The van der Waals surface area contributed by atoms with Crippen molar-refractivity contribution in [1.29, 1.82) is 0 Å². The molecular weight excluding hydrogens is 412 g/mol. The zero-order chi connectivity index (χ0) is 23.5. The van der Waals surface area contributed by atoms with E-state index in [2.05, 4.69) is 10.8 Å². The summed E-state index contributed by atoms with van der Waals surface area (Å²) in [6, 6.07) is 5.74. The summed E-state index contributed by atoms with van der Waals surface area (Å²) in [5.41, 5.74) is 3.25. The van der Waals surface area contributed by atoms with Crippen LogP contribution in [0.2, 0.25) is 0 Å². The Labute approximate surface area is 189 Å². The summed E-state index contributed by atoms with van der Waals surface area (Å²) in [4.78, 5) is 41.5. The van der Waals surface area contributed by atoms with Crippen LogP contribution in [0.3, 0.4) is 0 Å². The van der Waals surface area contributed by atoms with Crippen LogP contribution in [0.15, 0.2) is 30.3 Å².